The highest BCUT2D eigenvalue weighted by atomic mass is 16.3. The van der Waals surface area contributed by atoms with Gasteiger partial charge in [-0.2, -0.15) is 0 Å². The van der Waals surface area contributed by atoms with Gasteiger partial charge >= 0.3 is 0 Å². The first-order valence-corrected chi connectivity index (χ1v) is 19.8. The van der Waals surface area contributed by atoms with Crippen LogP contribution in [-0.4, -0.2) is 5.11 Å². The van der Waals surface area contributed by atoms with Crippen molar-refractivity contribution in [3.8, 4) is 72.5 Å². The highest BCUT2D eigenvalue weighted by molar-refractivity contribution is 5.82. The molecule has 0 saturated heterocycles. The fourth-order valence-electron chi connectivity index (χ4n) is 7.57. The van der Waals surface area contributed by atoms with Crippen LogP contribution in [0, 0.1) is 13.8 Å². The van der Waals surface area contributed by atoms with E-state index in [0.29, 0.717) is 0 Å². The van der Waals surface area contributed by atoms with Crippen molar-refractivity contribution >= 4 is 17.1 Å². The highest BCUT2D eigenvalue weighted by Gasteiger charge is 2.14. The molecule has 0 aliphatic heterocycles. The Bertz CT molecular complexity index is 2430. The van der Waals surface area contributed by atoms with Crippen LogP contribution >= 0.6 is 0 Å². The van der Waals surface area contributed by atoms with E-state index < -0.39 is 0 Å². The van der Waals surface area contributed by atoms with Crippen molar-refractivity contribution in [3.63, 3.8) is 0 Å². The maximum atomic E-state index is 9.71. The van der Waals surface area contributed by atoms with E-state index in [1.54, 1.807) is 12.1 Å². The van der Waals surface area contributed by atoms with Crippen molar-refractivity contribution in [2.45, 2.75) is 13.8 Å². The third kappa shape index (κ3) is 7.82. The monoisotopic (exact) mass is 745 g/mol. The van der Waals surface area contributed by atoms with Gasteiger partial charge < -0.3 is 10.0 Å². The predicted octanol–water partition coefficient (Wildman–Crippen LogP) is 15.5. The predicted molar refractivity (Wildman–Crippen MR) is 245 cm³/mol. The minimum absolute atomic E-state index is 0.272. The van der Waals surface area contributed by atoms with Crippen LogP contribution in [0.5, 0.6) is 5.75 Å². The van der Waals surface area contributed by atoms with E-state index in [4.69, 9.17) is 0 Å². The van der Waals surface area contributed by atoms with Crippen molar-refractivity contribution in [3.05, 3.63) is 230 Å². The number of rotatable bonds is 9. The summed E-state index contributed by atoms with van der Waals surface area (Å²) in [5.74, 6) is 0.272. The lowest BCUT2D eigenvalue weighted by Crippen LogP contribution is -2.09. The molecule has 0 aliphatic carbocycles. The Morgan fingerprint density at radius 3 is 0.586 bits per heavy atom. The van der Waals surface area contributed by atoms with Gasteiger partial charge in [-0.15, -0.1) is 0 Å². The summed E-state index contributed by atoms with van der Waals surface area (Å²) in [7, 11) is 0. The topological polar surface area (TPSA) is 23.5 Å². The van der Waals surface area contributed by atoms with Crippen LogP contribution in [0.2, 0.25) is 0 Å². The molecule has 0 fully saturated rings. The van der Waals surface area contributed by atoms with E-state index in [1.165, 1.54) is 55.6 Å². The highest BCUT2D eigenvalue weighted by Crippen LogP contribution is 2.38. The maximum Gasteiger partial charge on any atom is 0.115 e. The summed E-state index contributed by atoms with van der Waals surface area (Å²) < 4.78 is 0. The van der Waals surface area contributed by atoms with Crippen LogP contribution in [0.3, 0.4) is 0 Å². The fourth-order valence-corrected chi connectivity index (χ4v) is 7.57. The molecule has 0 aliphatic rings. The molecule has 9 rings (SSSR count). The number of aromatic hydroxyl groups is 1. The second-order valence-electron chi connectivity index (χ2n) is 15.0. The zero-order chi connectivity index (χ0) is 39.4. The number of aryl methyl sites for hydroxylation is 2. The van der Waals surface area contributed by atoms with Gasteiger partial charge in [-0.3, -0.25) is 0 Å². The number of anilines is 3. The molecule has 0 spiro atoms. The van der Waals surface area contributed by atoms with Gasteiger partial charge in [0.15, 0.2) is 0 Å². The molecular formula is C56H43NO. The van der Waals surface area contributed by atoms with Crippen LogP contribution in [0.4, 0.5) is 17.1 Å². The second kappa shape index (κ2) is 16.0. The molecule has 2 nitrogen and oxygen atoms in total. The van der Waals surface area contributed by atoms with Gasteiger partial charge in [0.25, 0.3) is 0 Å². The average molecular weight is 746 g/mol. The first kappa shape index (κ1) is 36.2. The summed E-state index contributed by atoms with van der Waals surface area (Å²) in [5, 5.41) is 9.71. The van der Waals surface area contributed by atoms with Gasteiger partial charge in [-0.05, 0) is 129 Å². The summed E-state index contributed by atoms with van der Waals surface area (Å²) in [6, 6.07) is 77.6. The van der Waals surface area contributed by atoms with Gasteiger partial charge in [-0.25, -0.2) is 0 Å². The molecule has 0 amide bonds. The maximum absolute atomic E-state index is 9.71. The third-order valence-corrected chi connectivity index (χ3v) is 11.0. The number of phenols is 1. The summed E-state index contributed by atoms with van der Waals surface area (Å²) in [6.45, 7) is 4.24. The summed E-state index contributed by atoms with van der Waals surface area (Å²) in [6.07, 6.45) is 0. The van der Waals surface area contributed by atoms with Crippen molar-refractivity contribution in [1.29, 1.82) is 0 Å². The van der Waals surface area contributed by atoms with E-state index in [9.17, 15) is 5.11 Å². The first-order chi connectivity index (χ1) is 28.4. The second-order valence-corrected chi connectivity index (χ2v) is 15.0. The SMILES string of the molecule is Cc1ccc(-c2ccc(-c3ccc(N(c4ccc(-c5ccc(-c6ccc(C)cc6)cc5)cc4)c4ccc(-c5ccc(-c6ccc(O)cc6)cc5)cc4)cc3)cc2)cc1. The molecular weight excluding hydrogens is 703 g/mol. The fraction of sp³-hybridized carbons (Fsp3) is 0.0357. The molecule has 9 aromatic rings. The number of nitrogens with zero attached hydrogens (tertiary/aromatic N) is 1. The zero-order valence-corrected chi connectivity index (χ0v) is 32.7. The molecule has 0 heterocycles. The number of benzene rings is 9. The van der Waals surface area contributed by atoms with Gasteiger partial charge in [0.2, 0.25) is 0 Å². The van der Waals surface area contributed by atoms with Crippen LogP contribution < -0.4 is 4.90 Å². The van der Waals surface area contributed by atoms with Gasteiger partial charge in [-0.1, -0.05) is 181 Å². The minimum atomic E-state index is 0.272. The van der Waals surface area contributed by atoms with E-state index in [2.05, 4.69) is 213 Å². The molecule has 2 heteroatoms. The molecule has 0 unspecified atom stereocenters. The summed E-state index contributed by atoms with van der Waals surface area (Å²) >= 11 is 0. The third-order valence-electron chi connectivity index (χ3n) is 11.0. The quantitative estimate of drug-likeness (QED) is 0.159. The van der Waals surface area contributed by atoms with E-state index >= 15 is 0 Å². The Balaban J connectivity index is 1.01. The van der Waals surface area contributed by atoms with Crippen molar-refractivity contribution < 1.29 is 5.11 Å². The molecule has 0 radical (unpaired) electrons. The summed E-state index contributed by atoms with van der Waals surface area (Å²) in [4.78, 5) is 2.33. The van der Waals surface area contributed by atoms with Crippen molar-refractivity contribution in [1.82, 2.24) is 0 Å². The standard InChI is InChI=1S/C56H43NO/c1-39-3-7-41(8-4-39)43-11-15-45(16-12-43)49-23-31-53(32-24-49)57(54-33-25-50(26-34-54)46-17-13-44(14-18-46)42-9-5-40(2)6-10-42)55-35-27-51(28-36-55)47-19-21-48(22-20-47)52-29-37-56(58)38-30-52/h3-38,58H,1-2H3. The summed E-state index contributed by atoms with van der Waals surface area (Å²) in [5.41, 5.74) is 19.9. The van der Waals surface area contributed by atoms with Crippen LogP contribution in [0.25, 0.3) is 66.8 Å². The molecule has 58 heavy (non-hydrogen) atoms. The van der Waals surface area contributed by atoms with Gasteiger partial charge in [0.1, 0.15) is 5.75 Å². The van der Waals surface area contributed by atoms with E-state index in [1.807, 2.05) is 12.1 Å². The van der Waals surface area contributed by atoms with Gasteiger partial charge in [0.05, 0.1) is 0 Å². The molecule has 0 aromatic heterocycles. The Kier molecular flexibility index (Phi) is 9.98. The van der Waals surface area contributed by atoms with Crippen LogP contribution in [0.15, 0.2) is 218 Å². The lowest BCUT2D eigenvalue weighted by atomic mass is 9.98. The van der Waals surface area contributed by atoms with Gasteiger partial charge in [0, 0.05) is 17.1 Å². The Labute approximate surface area is 341 Å². The number of hydrogen-bond acceptors (Lipinski definition) is 2. The molecule has 1 N–H and O–H groups in total. The molecule has 0 bridgehead atoms. The smallest absolute Gasteiger partial charge is 0.115 e. The lowest BCUT2D eigenvalue weighted by molar-refractivity contribution is 0.475. The average Bonchev–Trinajstić information content (AvgIpc) is 3.28. The number of hydrogen-bond donors (Lipinski definition) is 1. The van der Waals surface area contributed by atoms with Crippen LogP contribution in [-0.2, 0) is 0 Å². The molecule has 0 atom stereocenters. The Morgan fingerprint density at radius 1 is 0.224 bits per heavy atom. The first-order valence-electron chi connectivity index (χ1n) is 19.8. The largest absolute Gasteiger partial charge is 0.508 e. The normalized spacial score (nSPS) is 11.0. The number of phenolic OH excluding ortho intramolecular Hbond substituents is 1. The zero-order valence-electron chi connectivity index (χ0n) is 32.7. The molecule has 278 valence electrons. The minimum Gasteiger partial charge on any atom is -0.508 e. The van der Waals surface area contributed by atoms with E-state index in [0.717, 1.165) is 39.3 Å². The van der Waals surface area contributed by atoms with E-state index in [-0.39, 0.29) is 5.75 Å². The Hall–Kier alpha value is -7.42. The lowest BCUT2D eigenvalue weighted by Gasteiger charge is -2.26. The molecule has 0 saturated carbocycles. The molecule has 9 aromatic carbocycles. The Morgan fingerprint density at radius 2 is 0.379 bits per heavy atom. The van der Waals surface area contributed by atoms with Crippen LogP contribution in [0.1, 0.15) is 11.1 Å². The van der Waals surface area contributed by atoms with Crippen molar-refractivity contribution in [2.75, 3.05) is 4.90 Å². The van der Waals surface area contributed by atoms with Crippen molar-refractivity contribution in [2.24, 2.45) is 0 Å².